The summed E-state index contributed by atoms with van der Waals surface area (Å²) in [7, 11) is 0. The van der Waals surface area contributed by atoms with Crippen LogP contribution in [0.3, 0.4) is 0 Å². The molecule has 2 aromatic rings. The van der Waals surface area contributed by atoms with Crippen molar-refractivity contribution in [3.8, 4) is 11.3 Å². The van der Waals surface area contributed by atoms with Crippen LogP contribution in [0, 0.1) is 10.1 Å². The maximum atomic E-state index is 12.8. The SMILES string of the molecule is C=C(CC)NC(=O)c1cc(-c2cnc(NC(C)C)c(=O)n2CC(=O)O)cc([N+](=O)[O-])c1. The molecule has 0 spiro atoms. The van der Waals surface area contributed by atoms with E-state index in [4.69, 9.17) is 0 Å². The average molecular weight is 429 g/mol. The van der Waals surface area contributed by atoms with Gasteiger partial charge in [-0.1, -0.05) is 13.5 Å². The Morgan fingerprint density at radius 1 is 1.32 bits per heavy atom. The number of allylic oxidation sites excluding steroid dienone is 1. The number of anilines is 1. The number of carbonyl (C=O) groups excluding carboxylic acids is 1. The Hall–Kier alpha value is -4.02. The van der Waals surface area contributed by atoms with Crippen LogP contribution >= 0.6 is 0 Å². The van der Waals surface area contributed by atoms with E-state index in [0.29, 0.717) is 12.1 Å². The normalized spacial score (nSPS) is 10.6. The van der Waals surface area contributed by atoms with Gasteiger partial charge in [-0.25, -0.2) is 4.98 Å². The van der Waals surface area contributed by atoms with Gasteiger partial charge in [-0.2, -0.15) is 0 Å². The largest absolute Gasteiger partial charge is 0.480 e. The number of nitrogens with zero attached hydrogens (tertiary/aromatic N) is 3. The number of rotatable bonds is 9. The van der Waals surface area contributed by atoms with Crippen LogP contribution in [0.2, 0.25) is 0 Å². The number of aromatic nitrogens is 2. The third-order valence-corrected chi connectivity index (χ3v) is 4.18. The first kappa shape index (κ1) is 23.3. The quantitative estimate of drug-likeness (QED) is 0.405. The fourth-order valence-electron chi connectivity index (χ4n) is 2.70. The number of benzene rings is 1. The van der Waals surface area contributed by atoms with Crippen LogP contribution in [0.15, 0.2) is 41.5 Å². The lowest BCUT2D eigenvalue weighted by molar-refractivity contribution is -0.384. The van der Waals surface area contributed by atoms with Crippen LogP contribution in [0.5, 0.6) is 0 Å². The number of hydrogen-bond donors (Lipinski definition) is 3. The molecule has 164 valence electrons. The highest BCUT2D eigenvalue weighted by molar-refractivity contribution is 5.97. The maximum Gasteiger partial charge on any atom is 0.323 e. The topological polar surface area (TPSA) is 156 Å². The van der Waals surface area contributed by atoms with Gasteiger partial charge in [0, 0.05) is 35.0 Å². The number of nitro groups is 1. The van der Waals surface area contributed by atoms with Crippen LogP contribution in [0.4, 0.5) is 11.5 Å². The number of nitrogens with one attached hydrogen (secondary N) is 2. The highest BCUT2D eigenvalue weighted by Gasteiger charge is 2.20. The van der Waals surface area contributed by atoms with Gasteiger partial charge < -0.3 is 15.7 Å². The first-order chi connectivity index (χ1) is 14.5. The molecule has 0 unspecified atom stereocenters. The number of nitro benzene ring substituents is 1. The molecule has 3 N–H and O–H groups in total. The molecule has 2 rings (SSSR count). The zero-order chi connectivity index (χ0) is 23.3. The van der Waals surface area contributed by atoms with Gasteiger partial charge in [-0.3, -0.25) is 29.1 Å². The van der Waals surface area contributed by atoms with Gasteiger partial charge in [0.2, 0.25) is 0 Å². The molecule has 11 nitrogen and oxygen atoms in total. The molecule has 0 aliphatic heterocycles. The smallest absolute Gasteiger partial charge is 0.323 e. The zero-order valence-corrected chi connectivity index (χ0v) is 17.3. The Kier molecular flexibility index (Phi) is 7.24. The standard InChI is InChI=1S/C20H23N5O6/c1-5-12(4)23-19(28)14-6-13(7-15(8-14)25(30)31)16-9-21-18(22-11(2)3)20(29)24(16)10-17(26)27/h6-9,11H,4-5,10H2,1-3H3,(H,21,22)(H,23,28)(H,26,27). The summed E-state index contributed by atoms with van der Waals surface area (Å²) in [6.07, 6.45) is 1.71. The van der Waals surface area contributed by atoms with Crippen molar-refractivity contribution in [2.45, 2.75) is 39.8 Å². The molecule has 1 heterocycles. The minimum absolute atomic E-state index is 0.0220. The van der Waals surface area contributed by atoms with Crippen LogP contribution in [-0.2, 0) is 11.3 Å². The minimum Gasteiger partial charge on any atom is -0.480 e. The number of carboxylic acids is 1. The molecule has 1 amide bonds. The van der Waals surface area contributed by atoms with E-state index < -0.39 is 34.6 Å². The van der Waals surface area contributed by atoms with Crippen molar-refractivity contribution < 1.29 is 19.6 Å². The van der Waals surface area contributed by atoms with Gasteiger partial charge in [-0.05, 0) is 26.3 Å². The second-order valence-electron chi connectivity index (χ2n) is 7.01. The Morgan fingerprint density at radius 3 is 2.55 bits per heavy atom. The highest BCUT2D eigenvalue weighted by Crippen LogP contribution is 2.26. The van der Waals surface area contributed by atoms with Crippen molar-refractivity contribution in [1.82, 2.24) is 14.9 Å². The summed E-state index contributed by atoms with van der Waals surface area (Å²) in [5.41, 5.74) is -0.602. The van der Waals surface area contributed by atoms with E-state index in [1.807, 2.05) is 0 Å². The molecule has 0 atom stereocenters. The monoisotopic (exact) mass is 429 g/mol. The summed E-state index contributed by atoms with van der Waals surface area (Å²) >= 11 is 0. The van der Waals surface area contributed by atoms with E-state index in [-0.39, 0.29) is 28.7 Å². The fraction of sp³-hybridized carbons (Fsp3) is 0.300. The molecule has 1 aromatic heterocycles. The van der Waals surface area contributed by atoms with Crippen molar-refractivity contribution in [2.75, 3.05) is 5.32 Å². The number of amides is 1. The van der Waals surface area contributed by atoms with E-state index in [1.54, 1.807) is 20.8 Å². The molecule has 0 bridgehead atoms. The lowest BCUT2D eigenvalue weighted by Crippen LogP contribution is -2.30. The number of hydrogen-bond acceptors (Lipinski definition) is 7. The van der Waals surface area contributed by atoms with E-state index in [1.165, 1.54) is 12.3 Å². The Labute approximate surface area is 177 Å². The summed E-state index contributed by atoms with van der Waals surface area (Å²) in [6, 6.07) is 3.43. The van der Waals surface area contributed by atoms with Crippen LogP contribution in [0.1, 0.15) is 37.6 Å². The first-order valence-electron chi connectivity index (χ1n) is 9.40. The third-order valence-electron chi connectivity index (χ3n) is 4.18. The van der Waals surface area contributed by atoms with Gasteiger partial charge in [0.05, 0.1) is 16.8 Å². The van der Waals surface area contributed by atoms with Crippen LogP contribution in [0.25, 0.3) is 11.3 Å². The van der Waals surface area contributed by atoms with Gasteiger partial charge in [0.1, 0.15) is 6.54 Å². The summed E-state index contributed by atoms with van der Waals surface area (Å²) in [4.78, 5) is 51.4. The van der Waals surface area contributed by atoms with Crippen LogP contribution in [-0.4, -0.2) is 37.5 Å². The second-order valence-corrected chi connectivity index (χ2v) is 7.01. The van der Waals surface area contributed by atoms with Crippen LogP contribution < -0.4 is 16.2 Å². The number of non-ortho nitro benzene ring substituents is 1. The van der Waals surface area contributed by atoms with Crippen molar-refractivity contribution >= 4 is 23.4 Å². The summed E-state index contributed by atoms with van der Waals surface area (Å²) < 4.78 is 0.936. The van der Waals surface area contributed by atoms with E-state index in [2.05, 4.69) is 22.2 Å². The zero-order valence-electron chi connectivity index (χ0n) is 17.3. The Balaban J connectivity index is 2.70. The molecule has 0 saturated carbocycles. The van der Waals surface area contributed by atoms with Crippen molar-refractivity contribution in [1.29, 1.82) is 0 Å². The predicted octanol–water partition coefficient (Wildman–Crippen LogP) is 2.38. The van der Waals surface area contributed by atoms with Crippen molar-refractivity contribution in [2.24, 2.45) is 0 Å². The molecule has 31 heavy (non-hydrogen) atoms. The molecule has 0 aliphatic carbocycles. The van der Waals surface area contributed by atoms with E-state index in [0.717, 1.165) is 16.7 Å². The Morgan fingerprint density at radius 2 is 2.00 bits per heavy atom. The van der Waals surface area contributed by atoms with Gasteiger partial charge in [0.25, 0.3) is 17.2 Å². The summed E-state index contributed by atoms with van der Waals surface area (Å²) in [5, 5.41) is 26.0. The molecule has 11 heteroatoms. The molecular weight excluding hydrogens is 406 g/mol. The molecule has 1 aromatic carbocycles. The van der Waals surface area contributed by atoms with Crippen molar-refractivity contribution in [3.63, 3.8) is 0 Å². The number of carbonyl (C=O) groups is 2. The summed E-state index contributed by atoms with van der Waals surface area (Å²) in [6.45, 7) is 8.33. The lowest BCUT2D eigenvalue weighted by atomic mass is 10.1. The minimum atomic E-state index is -1.28. The lowest BCUT2D eigenvalue weighted by Gasteiger charge is -2.15. The molecule has 0 radical (unpaired) electrons. The predicted molar refractivity (Wildman–Crippen MR) is 114 cm³/mol. The van der Waals surface area contributed by atoms with E-state index >= 15 is 0 Å². The molecule has 0 fully saturated rings. The summed E-state index contributed by atoms with van der Waals surface area (Å²) in [5.74, 6) is -1.95. The number of aliphatic carboxylic acids is 1. The average Bonchev–Trinajstić information content (AvgIpc) is 2.69. The van der Waals surface area contributed by atoms with Gasteiger partial charge >= 0.3 is 5.97 Å². The second kappa shape index (κ2) is 9.65. The highest BCUT2D eigenvalue weighted by atomic mass is 16.6. The first-order valence-corrected chi connectivity index (χ1v) is 9.40. The molecule has 0 aliphatic rings. The van der Waals surface area contributed by atoms with Gasteiger partial charge in [-0.15, -0.1) is 0 Å². The fourth-order valence-corrected chi connectivity index (χ4v) is 2.70. The molecule has 0 saturated heterocycles. The van der Waals surface area contributed by atoms with Gasteiger partial charge in [0.15, 0.2) is 5.82 Å². The maximum absolute atomic E-state index is 12.8. The number of carboxylic acid groups (broad SMARTS) is 1. The third kappa shape index (κ3) is 5.75. The Bertz CT molecular complexity index is 1110. The molecular formula is C20H23N5O6. The van der Waals surface area contributed by atoms with Crippen molar-refractivity contribution in [3.05, 3.63) is 62.7 Å². The van der Waals surface area contributed by atoms with E-state index in [9.17, 15) is 29.6 Å².